The molecule has 122 valence electrons. The van der Waals surface area contributed by atoms with Gasteiger partial charge in [-0.3, -0.25) is 0 Å². The van der Waals surface area contributed by atoms with Gasteiger partial charge in [0.2, 0.25) is 0 Å². The summed E-state index contributed by atoms with van der Waals surface area (Å²) in [5.41, 5.74) is 3.38. The molecule has 7 nitrogen and oxygen atoms in total. The van der Waals surface area contributed by atoms with E-state index in [4.69, 9.17) is 9.05 Å². The van der Waals surface area contributed by atoms with Crippen LogP contribution in [0.4, 0.5) is 0 Å². The van der Waals surface area contributed by atoms with Gasteiger partial charge in [-0.1, -0.05) is 43.2 Å². The summed E-state index contributed by atoms with van der Waals surface area (Å²) in [5.74, 6) is 0.934. The average Bonchev–Trinajstić information content (AvgIpc) is 3.25. The van der Waals surface area contributed by atoms with Gasteiger partial charge in [-0.15, -0.1) is 0 Å². The molecule has 0 bridgehead atoms. The van der Waals surface area contributed by atoms with Crippen molar-refractivity contribution in [3.63, 3.8) is 0 Å². The molecule has 0 saturated carbocycles. The summed E-state index contributed by atoms with van der Waals surface area (Å²) in [4.78, 5) is 8.83. The topological polar surface area (TPSA) is 82.8 Å². The number of para-hydroxylation sites is 2. The summed E-state index contributed by atoms with van der Waals surface area (Å²) in [7, 11) is 0. The molecule has 3 heterocycles. The molecular formula is C17H17N5O2. The number of aromatic nitrogens is 5. The van der Waals surface area contributed by atoms with Crippen molar-refractivity contribution in [1.82, 2.24) is 24.8 Å². The minimum atomic E-state index is -0.121. The van der Waals surface area contributed by atoms with Gasteiger partial charge in [-0.25, -0.2) is 4.98 Å². The zero-order chi connectivity index (χ0) is 16.7. The molecule has 0 amide bonds. The predicted octanol–water partition coefficient (Wildman–Crippen LogP) is 3.42. The highest BCUT2D eigenvalue weighted by atomic mass is 16.5. The molecular weight excluding hydrogens is 306 g/mol. The number of imidazole rings is 1. The molecule has 0 saturated heterocycles. The zero-order valence-electron chi connectivity index (χ0n) is 13.7. The van der Waals surface area contributed by atoms with Gasteiger partial charge >= 0.3 is 0 Å². The Morgan fingerprint density at radius 1 is 1.12 bits per heavy atom. The van der Waals surface area contributed by atoms with E-state index in [1.165, 1.54) is 0 Å². The van der Waals surface area contributed by atoms with Crippen molar-refractivity contribution in [3.05, 3.63) is 48.2 Å². The van der Waals surface area contributed by atoms with E-state index >= 15 is 0 Å². The van der Waals surface area contributed by atoms with Gasteiger partial charge in [0.25, 0.3) is 5.89 Å². The van der Waals surface area contributed by atoms with Crippen LogP contribution < -0.4 is 0 Å². The van der Waals surface area contributed by atoms with Crippen molar-refractivity contribution in [2.45, 2.75) is 32.7 Å². The zero-order valence-corrected chi connectivity index (χ0v) is 13.7. The second-order valence-electron chi connectivity index (χ2n) is 6.70. The Balaban J connectivity index is 1.65. The summed E-state index contributed by atoms with van der Waals surface area (Å²) < 4.78 is 12.5. The van der Waals surface area contributed by atoms with Crippen molar-refractivity contribution in [2.24, 2.45) is 0 Å². The predicted molar refractivity (Wildman–Crippen MR) is 87.3 cm³/mol. The first-order chi connectivity index (χ1) is 11.5. The van der Waals surface area contributed by atoms with Crippen LogP contribution in [0.2, 0.25) is 0 Å². The number of fused-ring (bicyclic) bond motifs is 1. The summed E-state index contributed by atoms with van der Waals surface area (Å²) >= 11 is 0. The Bertz CT molecular complexity index is 990. The van der Waals surface area contributed by atoms with Crippen molar-refractivity contribution < 1.29 is 9.05 Å². The largest absolute Gasteiger partial charge is 0.364 e. The Hall–Kier alpha value is -2.96. The molecule has 0 N–H and O–H groups in total. The van der Waals surface area contributed by atoms with Crippen LogP contribution in [-0.4, -0.2) is 24.8 Å². The summed E-state index contributed by atoms with van der Waals surface area (Å²) in [6, 6.07) is 7.93. The average molecular weight is 323 g/mol. The molecule has 4 rings (SSSR count). The molecule has 4 aromatic rings. The molecule has 0 radical (unpaired) electrons. The Labute approximate surface area is 138 Å². The lowest BCUT2D eigenvalue weighted by Crippen LogP contribution is -2.11. The highest BCUT2D eigenvalue weighted by molar-refractivity contribution is 5.75. The molecule has 0 atom stereocenters. The molecule has 7 heteroatoms. The second-order valence-corrected chi connectivity index (χ2v) is 6.70. The van der Waals surface area contributed by atoms with Crippen molar-refractivity contribution in [1.29, 1.82) is 0 Å². The molecule has 3 aromatic heterocycles. The highest BCUT2D eigenvalue weighted by Crippen LogP contribution is 2.31. The van der Waals surface area contributed by atoms with Crippen LogP contribution in [0, 0.1) is 0 Å². The molecule has 0 unspecified atom stereocenters. The quantitative estimate of drug-likeness (QED) is 0.574. The van der Waals surface area contributed by atoms with Gasteiger partial charge < -0.3 is 13.6 Å². The molecule has 1 aromatic carbocycles. The summed E-state index contributed by atoms with van der Waals surface area (Å²) in [6.07, 6.45) is 3.40. The standard InChI is InChI=1S/C17H17N5O2/c1-17(2,3)11-9-23-21-15(11)16-19-14(20-24-16)8-22-10-18-12-6-4-5-7-13(12)22/h4-7,9-10H,8H2,1-3H3. The lowest BCUT2D eigenvalue weighted by atomic mass is 9.87. The van der Waals surface area contributed by atoms with Crippen LogP contribution in [0.1, 0.15) is 32.2 Å². The van der Waals surface area contributed by atoms with Crippen LogP contribution in [0.5, 0.6) is 0 Å². The molecule has 0 aliphatic carbocycles. The van der Waals surface area contributed by atoms with E-state index in [2.05, 4.69) is 41.1 Å². The maximum absolute atomic E-state index is 5.39. The highest BCUT2D eigenvalue weighted by Gasteiger charge is 2.26. The van der Waals surface area contributed by atoms with Crippen molar-refractivity contribution >= 4 is 11.0 Å². The monoisotopic (exact) mass is 323 g/mol. The Kier molecular flexibility index (Phi) is 3.23. The SMILES string of the molecule is CC(C)(C)c1conc1-c1nc(Cn2cnc3ccccc32)no1. The van der Waals surface area contributed by atoms with Gasteiger partial charge in [0.1, 0.15) is 6.26 Å². The summed E-state index contributed by atoms with van der Waals surface area (Å²) in [6.45, 7) is 6.72. The number of hydrogen-bond acceptors (Lipinski definition) is 6. The maximum atomic E-state index is 5.39. The Morgan fingerprint density at radius 3 is 2.79 bits per heavy atom. The van der Waals surface area contributed by atoms with E-state index in [0.717, 1.165) is 16.6 Å². The minimum absolute atomic E-state index is 0.121. The van der Waals surface area contributed by atoms with Crippen LogP contribution in [0.3, 0.4) is 0 Å². The normalized spacial score (nSPS) is 12.1. The van der Waals surface area contributed by atoms with Gasteiger partial charge in [-0.05, 0) is 17.5 Å². The molecule has 0 spiro atoms. The van der Waals surface area contributed by atoms with Gasteiger partial charge in [0.15, 0.2) is 11.5 Å². The Morgan fingerprint density at radius 2 is 1.96 bits per heavy atom. The minimum Gasteiger partial charge on any atom is -0.364 e. The van der Waals surface area contributed by atoms with Gasteiger partial charge in [0, 0.05) is 5.56 Å². The number of rotatable bonds is 3. The van der Waals surface area contributed by atoms with Crippen LogP contribution >= 0.6 is 0 Å². The van der Waals surface area contributed by atoms with Gasteiger partial charge in [0.05, 0.1) is 23.9 Å². The van der Waals surface area contributed by atoms with Crippen molar-refractivity contribution in [3.8, 4) is 11.6 Å². The molecule has 0 aliphatic heterocycles. The third-order valence-electron chi connectivity index (χ3n) is 3.89. The number of nitrogens with zero attached hydrogens (tertiary/aromatic N) is 5. The fourth-order valence-corrected chi connectivity index (χ4v) is 2.63. The third kappa shape index (κ3) is 2.47. The number of benzene rings is 1. The first-order valence-electron chi connectivity index (χ1n) is 7.70. The van der Waals surface area contributed by atoms with E-state index in [9.17, 15) is 0 Å². The fourth-order valence-electron chi connectivity index (χ4n) is 2.63. The maximum Gasteiger partial charge on any atom is 0.280 e. The lowest BCUT2D eigenvalue weighted by Gasteiger charge is -2.15. The van der Waals surface area contributed by atoms with Gasteiger partial charge in [-0.2, -0.15) is 4.98 Å². The molecule has 24 heavy (non-hydrogen) atoms. The van der Waals surface area contributed by atoms with Crippen LogP contribution in [0.15, 0.2) is 45.9 Å². The second kappa shape index (κ2) is 5.30. The molecule has 0 aliphatic rings. The lowest BCUT2D eigenvalue weighted by molar-refractivity contribution is 0.400. The first kappa shape index (κ1) is 14.6. The number of hydrogen-bond donors (Lipinski definition) is 0. The third-order valence-corrected chi connectivity index (χ3v) is 3.89. The van der Waals surface area contributed by atoms with E-state index in [1.54, 1.807) is 12.6 Å². The summed E-state index contributed by atoms with van der Waals surface area (Å²) in [5, 5.41) is 8.08. The van der Waals surface area contributed by atoms with Crippen LogP contribution in [-0.2, 0) is 12.0 Å². The fraction of sp³-hybridized carbons (Fsp3) is 0.294. The van der Waals surface area contributed by atoms with E-state index in [0.29, 0.717) is 24.0 Å². The van der Waals surface area contributed by atoms with Crippen molar-refractivity contribution in [2.75, 3.05) is 0 Å². The molecule has 0 fully saturated rings. The smallest absolute Gasteiger partial charge is 0.280 e. The van der Waals surface area contributed by atoms with E-state index in [-0.39, 0.29) is 5.41 Å². The van der Waals surface area contributed by atoms with E-state index < -0.39 is 0 Å². The van der Waals surface area contributed by atoms with E-state index in [1.807, 2.05) is 28.8 Å². The first-order valence-corrected chi connectivity index (χ1v) is 7.70. The van der Waals surface area contributed by atoms with Crippen LogP contribution in [0.25, 0.3) is 22.6 Å².